The highest BCUT2D eigenvalue weighted by Crippen LogP contribution is 2.67. The van der Waals surface area contributed by atoms with Crippen LogP contribution in [0.4, 0.5) is 0 Å². The van der Waals surface area contributed by atoms with Crippen LogP contribution in [0.3, 0.4) is 0 Å². The summed E-state index contributed by atoms with van der Waals surface area (Å²) in [7, 11) is 0. The fourth-order valence-corrected chi connectivity index (χ4v) is 6.74. The van der Waals surface area contributed by atoms with E-state index in [1.54, 1.807) is 6.26 Å². The van der Waals surface area contributed by atoms with Crippen molar-refractivity contribution in [3.05, 3.63) is 23.7 Å². The average molecular weight is 318 g/mol. The second-order valence-electron chi connectivity index (χ2n) is 9.40. The molecule has 0 radical (unpaired) electrons. The molecule has 0 aromatic carbocycles. The van der Waals surface area contributed by atoms with Crippen LogP contribution in [0.15, 0.2) is 16.7 Å². The van der Waals surface area contributed by atoms with Gasteiger partial charge in [0, 0.05) is 11.0 Å². The molecule has 0 spiro atoms. The predicted molar refractivity (Wildman–Crippen MR) is 89.0 cm³/mol. The van der Waals surface area contributed by atoms with Gasteiger partial charge in [-0.15, -0.1) is 0 Å². The molecule has 128 valence electrons. The minimum atomic E-state index is -0.410. The minimum Gasteiger partial charge on any atom is -0.468 e. The maximum atomic E-state index is 10.7. The number of rotatable bonds is 0. The van der Waals surface area contributed by atoms with Gasteiger partial charge in [-0.1, -0.05) is 27.7 Å². The summed E-state index contributed by atoms with van der Waals surface area (Å²) in [5.41, 5.74) is 1.12. The van der Waals surface area contributed by atoms with Gasteiger partial charge in [0.2, 0.25) is 0 Å². The van der Waals surface area contributed by atoms with Crippen molar-refractivity contribution in [2.75, 3.05) is 0 Å². The molecule has 23 heavy (non-hydrogen) atoms. The summed E-state index contributed by atoms with van der Waals surface area (Å²) in [6, 6.07) is 1.95. The van der Waals surface area contributed by atoms with Crippen molar-refractivity contribution in [1.29, 1.82) is 0 Å². The van der Waals surface area contributed by atoms with Crippen LogP contribution in [0.2, 0.25) is 0 Å². The van der Waals surface area contributed by atoms with Gasteiger partial charge in [-0.25, -0.2) is 0 Å². The Hall–Kier alpha value is -0.800. The van der Waals surface area contributed by atoms with Gasteiger partial charge in [-0.2, -0.15) is 0 Å². The number of aliphatic hydroxyl groups excluding tert-OH is 2. The largest absolute Gasteiger partial charge is 0.468 e. The molecule has 0 saturated heterocycles. The molecule has 6 atom stereocenters. The summed E-state index contributed by atoms with van der Waals surface area (Å²) in [5.74, 6) is 1.93. The van der Waals surface area contributed by atoms with Crippen LogP contribution in [-0.2, 0) is 5.41 Å². The van der Waals surface area contributed by atoms with Gasteiger partial charge in [-0.3, -0.25) is 0 Å². The van der Waals surface area contributed by atoms with Crippen molar-refractivity contribution in [2.24, 2.45) is 22.7 Å². The number of hydrogen-bond acceptors (Lipinski definition) is 3. The number of furan rings is 1. The average Bonchev–Trinajstić information content (AvgIpc) is 2.97. The summed E-state index contributed by atoms with van der Waals surface area (Å²) in [4.78, 5) is 0. The van der Waals surface area contributed by atoms with Crippen LogP contribution in [0.25, 0.3) is 0 Å². The lowest BCUT2D eigenvalue weighted by molar-refractivity contribution is -0.168. The zero-order valence-corrected chi connectivity index (χ0v) is 14.8. The van der Waals surface area contributed by atoms with Crippen LogP contribution in [0.1, 0.15) is 77.2 Å². The van der Waals surface area contributed by atoms with Gasteiger partial charge in [-0.05, 0) is 60.8 Å². The first-order valence-corrected chi connectivity index (χ1v) is 9.15. The van der Waals surface area contributed by atoms with E-state index in [0.717, 1.165) is 43.4 Å². The van der Waals surface area contributed by atoms with E-state index in [1.165, 1.54) is 0 Å². The maximum Gasteiger partial charge on any atom is 0.115 e. The van der Waals surface area contributed by atoms with Crippen LogP contribution >= 0.6 is 0 Å². The molecule has 0 bridgehead atoms. The SMILES string of the molecule is CC1(C)[C@@H](O)CC[C@]2(C)[C@H]3C[C@@H](O)c4ccoc4[C@]3(C)CC[C@@H]12. The van der Waals surface area contributed by atoms with Crippen molar-refractivity contribution in [2.45, 2.75) is 77.4 Å². The second kappa shape index (κ2) is 4.64. The lowest BCUT2D eigenvalue weighted by Gasteiger charge is -2.64. The van der Waals surface area contributed by atoms with Gasteiger partial charge in [0.15, 0.2) is 0 Å². The van der Waals surface area contributed by atoms with E-state index in [9.17, 15) is 10.2 Å². The quantitative estimate of drug-likeness (QED) is 0.754. The van der Waals surface area contributed by atoms with Crippen molar-refractivity contribution >= 4 is 0 Å². The van der Waals surface area contributed by atoms with Crippen LogP contribution in [0, 0.1) is 22.7 Å². The topological polar surface area (TPSA) is 53.6 Å². The van der Waals surface area contributed by atoms with Crippen molar-refractivity contribution in [3.8, 4) is 0 Å². The number of aliphatic hydroxyl groups is 2. The summed E-state index contributed by atoms with van der Waals surface area (Å²) in [6.07, 6.45) is 6.07. The van der Waals surface area contributed by atoms with E-state index in [-0.39, 0.29) is 22.3 Å². The first-order valence-electron chi connectivity index (χ1n) is 9.15. The molecule has 0 amide bonds. The summed E-state index contributed by atoms with van der Waals surface area (Å²) < 4.78 is 5.89. The zero-order valence-electron chi connectivity index (χ0n) is 14.8. The van der Waals surface area contributed by atoms with Crippen molar-refractivity contribution in [3.63, 3.8) is 0 Å². The molecule has 0 aliphatic heterocycles. The molecular weight excluding hydrogens is 288 g/mol. The first kappa shape index (κ1) is 15.7. The van der Waals surface area contributed by atoms with Gasteiger partial charge in [0.25, 0.3) is 0 Å². The van der Waals surface area contributed by atoms with Gasteiger partial charge < -0.3 is 14.6 Å². The second-order valence-corrected chi connectivity index (χ2v) is 9.40. The van der Waals surface area contributed by atoms with E-state index in [4.69, 9.17) is 4.42 Å². The summed E-state index contributed by atoms with van der Waals surface area (Å²) in [5, 5.41) is 21.2. The van der Waals surface area contributed by atoms with Crippen molar-refractivity contribution in [1.82, 2.24) is 0 Å². The van der Waals surface area contributed by atoms with Crippen LogP contribution in [-0.4, -0.2) is 16.3 Å². The minimum absolute atomic E-state index is 0.0156. The molecule has 2 N–H and O–H groups in total. The third-order valence-corrected chi connectivity index (χ3v) is 8.06. The molecule has 2 saturated carbocycles. The van der Waals surface area contributed by atoms with E-state index >= 15 is 0 Å². The Kier molecular flexibility index (Phi) is 3.17. The van der Waals surface area contributed by atoms with Gasteiger partial charge in [0.05, 0.1) is 18.5 Å². The lowest BCUT2D eigenvalue weighted by atomic mass is 9.40. The Morgan fingerprint density at radius 3 is 2.52 bits per heavy atom. The Morgan fingerprint density at radius 1 is 1.04 bits per heavy atom. The monoisotopic (exact) mass is 318 g/mol. The smallest absolute Gasteiger partial charge is 0.115 e. The molecule has 1 heterocycles. The highest BCUT2D eigenvalue weighted by molar-refractivity contribution is 5.34. The van der Waals surface area contributed by atoms with Gasteiger partial charge in [0.1, 0.15) is 5.76 Å². The van der Waals surface area contributed by atoms with Crippen molar-refractivity contribution < 1.29 is 14.6 Å². The fraction of sp³-hybridized carbons (Fsp3) is 0.800. The zero-order chi connectivity index (χ0) is 16.6. The lowest BCUT2D eigenvalue weighted by Crippen LogP contribution is -2.60. The van der Waals surface area contributed by atoms with Crippen LogP contribution < -0.4 is 0 Å². The van der Waals surface area contributed by atoms with E-state index < -0.39 is 6.10 Å². The van der Waals surface area contributed by atoms with E-state index in [0.29, 0.717) is 11.8 Å². The summed E-state index contributed by atoms with van der Waals surface area (Å²) >= 11 is 0. The molecule has 1 aromatic heterocycles. The fourth-order valence-electron chi connectivity index (χ4n) is 6.74. The third-order valence-electron chi connectivity index (χ3n) is 8.06. The molecule has 3 aliphatic carbocycles. The Morgan fingerprint density at radius 2 is 1.78 bits per heavy atom. The molecule has 4 rings (SSSR count). The standard InChI is InChI=1S/C20H30O3/c1-18(2)14-5-8-20(4)15(19(14,3)9-6-16(18)22)11-13(21)12-7-10-23-17(12)20/h7,10,13-16,21-22H,5-6,8-9,11H2,1-4H3/t13-,14+,15-,16+,19+,20-/m1/s1. The normalized spacial score (nSPS) is 48.3. The predicted octanol–water partition coefficient (Wildman–Crippen LogP) is 4.19. The molecule has 3 aliphatic rings. The molecule has 1 aromatic rings. The number of hydrogen-bond donors (Lipinski definition) is 2. The molecule has 2 fully saturated rings. The Bertz CT molecular complexity index is 618. The molecule has 0 unspecified atom stereocenters. The Balaban J connectivity index is 1.82. The van der Waals surface area contributed by atoms with Gasteiger partial charge >= 0.3 is 0 Å². The molecular formula is C20H30O3. The highest BCUT2D eigenvalue weighted by Gasteiger charge is 2.63. The number of fused-ring (bicyclic) bond motifs is 5. The maximum absolute atomic E-state index is 10.7. The first-order chi connectivity index (χ1) is 10.7. The molecule has 3 heteroatoms. The Labute approximate surface area is 139 Å². The summed E-state index contributed by atoms with van der Waals surface area (Å²) in [6.45, 7) is 9.22. The van der Waals surface area contributed by atoms with E-state index in [2.05, 4.69) is 27.7 Å². The van der Waals surface area contributed by atoms with Crippen LogP contribution in [0.5, 0.6) is 0 Å². The van der Waals surface area contributed by atoms with E-state index in [1.807, 2.05) is 6.07 Å². The molecule has 3 nitrogen and oxygen atoms in total. The third kappa shape index (κ3) is 1.84. The highest BCUT2D eigenvalue weighted by atomic mass is 16.3.